The van der Waals surface area contributed by atoms with E-state index in [0.717, 1.165) is 12.8 Å². The predicted octanol–water partition coefficient (Wildman–Crippen LogP) is 5.86. The molecule has 192 valence electrons. The molecule has 0 N–H and O–H groups in total. The van der Waals surface area contributed by atoms with E-state index < -0.39 is 19.7 Å². The molecule has 4 saturated carbocycles. The topological polar surface area (TPSA) is 57.3 Å². The number of Topliss-reactive ketones (excluding diaryl/α,β-unsaturated/α-hetero) is 1. The molecule has 6 fully saturated rings. The minimum absolute atomic E-state index is 0.000205. The number of ketones is 1. The molecule has 0 amide bonds. The minimum Gasteiger partial charge on any atom is -0.413 e. The summed E-state index contributed by atoms with van der Waals surface area (Å²) in [7, 11) is -1.86. The van der Waals surface area contributed by atoms with Crippen LogP contribution in [0.15, 0.2) is 0 Å². The molecule has 2 heterocycles. The zero-order chi connectivity index (χ0) is 24.7. The van der Waals surface area contributed by atoms with Crippen molar-refractivity contribution in [3.05, 3.63) is 0 Å². The van der Waals surface area contributed by atoms with Crippen LogP contribution in [-0.4, -0.2) is 49.9 Å². The van der Waals surface area contributed by atoms with Crippen molar-refractivity contribution in [1.82, 2.24) is 0 Å². The number of hydrogen-bond donors (Lipinski definition) is 0. The number of rotatable bonds is 2. The first-order valence-corrected chi connectivity index (χ1v) is 16.7. The van der Waals surface area contributed by atoms with E-state index in [1.165, 1.54) is 19.3 Å². The van der Waals surface area contributed by atoms with Gasteiger partial charge in [-0.1, -0.05) is 34.6 Å². The van der Waals surface area contributed by atoms with Crippen LogP contribution in [0.2, 0.25) is 18.1 Å². The van der Waals surface area contributed by atoms with Gasteiger partial charge in [-0.05, 0) is 87.3 Å². The SMILES string of the molecule is CC1(C)O[C@@H]2C3C4CC[C@H](O[Si](C)(C)C(C)(C)C)[C@@]4(C)CCC3[C@@]3(C)CCC(=O)C4OC43[C@H]2O1. The highest BCUT2D eigenvalue weighted by Gasteiger charge is 2.84. The summed E-state index contributed by atoms with van der Waals surface area (Å²) in [5.74, 6) is 1.14. The summed E-state index contributed by atoms with van der Waals surface area (Å²) >= 11 is 0. The molecule has 10 atom stereocenters. The molecule has 0 aromatic rings. The van der Waals surface area contributed by atoms with Crippen LogP contribution in [0.1, 0.15) is 87.0 Å². The zero-order valence-corrected chi connectivity index (χ0v) is 23.8. The van der Waals surface area contributed by atoms with Gasteiger partial charge in [0.2, 0.25) is 0 Å². The van der Waals surface area contributed by atoms with E-state index in [1.807, 2.05) is 13.8 Å². The van der Waals surface area contributed by atoms with E-state index in [2.05, 4.69) is 47.7 Å². The van der Waals surface area contributed by atoms with E-state index >= 15 is 0 Å². The van der Waals surface area contributed by atoms with Crippen molar-refractivity contribution in [1.29, 1.82) is 0 Å². The van der Waals surface area contributed by atoms with E-state index in [4.69, 9.17) is 18.6 Å². The van der Waals surface area contributed by atoms with Crippen molar-refractivity contribution in [3.8, 4) is 0 Å². The molecule has 0 radical (unpaired) electrons. The van der Waals surface area contributed by atoms with Crippen molar-refractivity contribution in [3.63, 3.8) is 0 Å². The van der Waals surface area contributed by atoms with Gasteiger partial charge >= 0.3 is 0 Å². The van der Waals surface area contributed by atoms with Crippen molar-refractivity contribution in [2.45, 2.75) is 141 Å². The van der Waals surface area contributed by atoms with E-state index in [-0.39, 0.29) is 40.0 Å². The molecule has 2 saturated heterocycles. The lowest BCUT2D eigenvalue weighted by molar-refractivity contribution is -0.184. The summed E-state index contributed by atoms with van der Waals surface area (Å²) in [6.07, 6.45) is 6.18. The molecule has 5 nitrogen and oxygen atoms in total. The molecular formula is C28H46O5Si. The highest BCUT2D eigenvalue weighted by molar-refractivity contribution is 6.74. The van der Waals surface area contributed by atoms with Crippen LogP contribution in [0.5, 0.6) is 0 Å². The molecule has 34 heavy (non-hydrogen) atoms. The molecule has 6 aliphatic rings. The lowest BCUT2D eigenvalue weighted by atomic mass is 9.43. The number of ether oxygens (including phenoxy) is 3. The van der Waals surface area contributed by atoms with Crippen LogP contribution < -0.4 is 0 Å². The Hall–Kier alpha value is -0.273. The Balaban J connectivity index is 1.37. The first-order chi connectivity index (χ1) is 15.6. The second kappa shape index (κ2) is 6.78. The monoisotopic (exact) mass is 490 g/mol. The summed E-state index contributed by atoms with van der Waals surface area (Å²) in [5.41, 5.74) is -0.335. The molecule has 4 aliphatic carbocycles. The van der Waals surface area contributed by atoms with Crippen molar-refractivity contribution >= 4 is 14.1 Å². The molecule has 0 bridgehead atoms. The van der Waals surface area contributed by atoms with Gasteiger partial charge < -0.3 is 18.6 Å². The summed E-state index contributed by atoms with van der Waals surface area (Å²) in [5, 5.41) is 0.216. The molecule has 2 aliphatic heterocycles. The third-order valence-corrected chi connectivity index (χ3v) is 16.4. The fraction of sp³-hybridized carbons (Fsp3) is 0.964. The molecule has 6 heteroatoms. The Bertz CT molecular complexity index is 909. The lowest BCUT2D eigenvalue weighted by Gasteiger charge is -2.61. The van der Waals surface area contributed by atoms with Gasteiger partial charge in [0.1, 0.15) is 17.8 Å². The second-order valence-electron chi connectivity index (χ2n) is 15.0. The first-order valence-electron chi connectivity index (χ1n) is 13.8. The second-order valence-corrected chi connectivity index (χ2v) is 19.7. The van der Waals surface area contributed by atoms with Gasteiger partial charge in [0.25, 0.3) is 0 Å². The summed E-state index contributed by atoms with van der Waals surface area (Å²) in [6, 6.07) is 0. The number of carbonyl (C=O) groups excluding carboxylic acids is 1. The maximum atomic E-state index is 12.8. The van der Waals surface area contributed by atoms with Gasteiger partial charge in [-0.3, -0.25) is 4.79 Å². The fourth-order valence-corrected chi connectivity index (χ4v) is 10.6. The van der Waals surface area contributed by atoms with Crippen LogP contribution in [-0.2, 0) is 23.4 Å². The summed E-state index contributed by atoms with van der Waals surface area (Å²) < 4.78 is 26.9. The zero-order valence-electron chi connectivity index (χ0n) is 22.8. The van der Waals surface area contributed by atoms with E-state index in [0.29, 0.717) is 30.3 Å². The largest absolute Gasteiger partial charge is 0.413 e. The standard InChI is InChI=1S/C28H46O5Si/c1-24(2,3)34(8,9)33-19-11-10-16-20-17(12-14-26(16,19)6)27(7)15-13-18(29)22-28(27,32-22)23-21(20)30-25(4,5)31-23/h16-17,19-23H,10-15H2,1-9H3/t16?,17?,19-,20?,21+,22?,23-,26-,27+,28?/m0/s1. The van der Waals surface area contributed by atoms with Crippen LogP contribution >= 0.6 is 0 Å². The van der Waals surface area contributed by atoms with Crippen LogP contribution in [0.4, 0.5) is 0 Å². The van der Waals surface area contributed by atoms with E-state index in [9.17, 15) is 4.79 Å². The average Bonchev–Trinajstić information content (AvgIpc) is 3.30. The number of carbonyl (C=O) groups is 1. The Morgan fingerprint density at radius 3 is 2.32 bits per heavy atom. The molecule has 6 rings (SSSR count). The van der Waals surface area contributed by atoms with Gasteiger partial charge in [-0.25, -0.2) is 0 Å². The summed E-state index contributed by atoms with van der Waals surface area (Å²) in [6.45, 7) is 20.9. The van der Waals surface area contributed by atoms with Gasteiger partial charge in [-0.2, -0.15) is 0 Å². The normalized spacial score (nSPS) is 53.4. The number of fused-ring (bicyclic) bond motifs is 6. The predicted molar refractivity (Wildman–Crippen MR) is 133 cm³/mol. The van der Waals surface area contributed by atoms with Crippen molar-refractivity contribution in [2.24, 2.45) is 28.6 Å². The van der Waals surface area contributed by atoms with Crippen LogP contribution in [0.3, 0.4) is 0 Å². The van der Waals surface area contributed by atoms with Gasteiger partial charge in [0, 0.05) is 11.8 Å². The Morgan fingerprint density at radius 2 is 1.65 bits per heavy atom. The van der Waals surface area contributed by atoms with Crippen molar-refractivity contribution < 1.29 is 23.4 Å². The number of epoxide rings is 1. The quantitative estimate of drug-likeness (QED) is 0.358. The minimum atomic E-state index is -1.86. The third kappa shape index (κ3) is 2.84. The molecular weight excluding hydrogens is 444 g/mol. The first kappa shape index (κ1) is 24.1. The molecule has 0 aromatic carbocycles. The van der Waals surface area contributed by atoms with Gasteiger partial charge in [-0.15, -0.1) is 0 Å². The smallest absolute Gasteiger partial charge is 0.192 e. The Kier molecular flexibility index (Phi) is 4.80. The molecule has 1 spiro atoms. The third-order valence-electron chi connectivity index (χ3n) is 12.0. The average molecular weight is 491 g/mol. The maximum Gasteiger partial charge on any atom is 0.192 e. The van der Waals surface area contributed by atoms with Crippen LogP contribution in [0.25, 0.3) is 0 Å². The maximum absolute atomic E-state index is 12.8. The molecule has 5 unspecified atom stereocenters. The molecule has 0 aromatic heterocycles. The lowest BCUT2D eigenvalue weighted by Crippen LogP contribution is -2.68. The van der Waals surface area contributed by atoms with Crippen molar-refractivity contribution in [2.75, 3.05) is 0 Å². The highest BCUT2D eigenvalue weighted by atomic mass is 28.4. The highest BCUT2D eigenvalue weighted by Crippen LogP contribution is 2.74. The Labute approximate surface area is 207 Å². The summed E-state index contributed by atoms with van der Waals surface area (Å²) in [4.78, 5) is 12.8. The Morgan fingerprint density at radius 1 is 0.941 bits per heavy atom. The number of hydrogen-bond acceptors (Lipinski definition) is 5. The van der Waals surface area contributed by atoms with E-state index in [1.54, 1.807) is 0 Å². The van der Waals surface area contributed by atoms with Gasteiger partial charge in [0.15, 0.2) is 19.9 Å². The van der Waals surface area contributed by atoms with Gasteiger partial charge in [0.05, 0.1) is 12.2 Å². The van der Waals surface area contributed by atoms with Crippen LogP contribution in [0, 0.1) is 28.6 Å². The fourth-order valence-electron chi connectivity index (χ4n) is 9.10.